The molecule has 2 atom stereocenters. The van der Waals surface area contributed by atoms with Gasteiger partial charge in [0.25, 0.3) is 5.91 Å². The number of benzene rings is 1. The second-order valence-electron chi connectivity index (χ2n) is 8.19. The average molecular weight is 389 g/mol. The van der Waals surface area contributed by atoms with Crippen molar-refractivity contribution in [3.63, 3.8) is 0 Å². The Kier molecular flexibility index (Phi) is 7.22. The van der Waals surface area contributed by atoms with Gasteiger partial charge in [-0.05, 0) is 43.2 Å². The van der Waals surface area contributed by atoms with E-state index in [9.17, 15) is 9.59 Å². The van der Waals surface area contributed by atoms with Crippen LogP contribution in [0.15, 0.2) is 30.3 Å². The molecule has 1 saturated carbocycles. The van der Waals surface area contributed by atoms with Gasteiger partial charge in [-0.2, -0.15) is 0 Å². The average Bonchev–Trinajstić information content (AvgIpc) is 3.13. The minimum atomic E-state index is -0.359. The number of hydrogen-bond donors (Lipinski definition) is 1. The summed E-state index contributed by atoms with van der Waals surface area (Å²) in [5.41, 5.74) is 0.681. The molecule has 148 valence electrons. The highest BCUT2D eigenvalue weighted by Crippen LogP contribution is 2.41. The second kappa shape index (κ2) is 9.63. The van der Waals surface area contributed by atoms with E-state index in [1.54, 1.807) is 11.8 Å². The lowest BCUT2D eigenvalue weighted by Gasteiger charge is -2.35. The molecule has 2 amide bonds. The Morgan fingerprint density at radius 1 is 1.15 bits per heavy atom. The second-order valence-corrected chi connectivity index (χ2v) is 9.34. The molecule has 4 nitrogen and oxygen atoms in total. The first kappa shape index (κ1) is 20.2. The Bertz CT molecular complexity index is 628. The van der Waals surface area contributed by atoms with Crippen molar-refractivity contribution in [2.75, 3.05) is 12.3 Å². The first-order chi connectivity index (χ1) is 13.1. The number of rotatable bonds is 6. The maximum atomic E-state index is 13.3. The Hall–Kier alpha value is -1.49. The molecule has 1 saturated heterocycles. The van der Waals surface area contributed by atoms with Crippen LogP contribution in [0.25, 0.3) is 0 Å². The van der Waals surface area contributed by atoms with Crippen molar-refractivity contribution in [3.05, 3.63) is 35.9 Å². The molecular weight excluding hydrogens is 356 g/mol. The summed E-state index contributed by atoms with van der Waals surface area (Å²) in [7, 11) is 0. The maximum Gasteiger partial charge on any atom is 0.255 e. The largest absolute Gasteiger partial charge is 0.354 e. The van der Waals surface area contributed by atoms with Gasteiger partial charge in [-0.1, -0.05) is 51.3 Å². The highest BCUT2D eigenvalue weighted by Gasteiger charge is 2.44. The number of nitrogens with zero attached hydrogens (tertiary/aromatic N) is 1. The molecule has 1 aromatic rings. The molecule has 0 unspecified atom stereocenters. The van der Waals surface area contributed by atoms with E-state index < -0.39 is 0 Å². The van der Waals surface area contributed by atoms with Crippen molar-refractivity contribution in [2.24, 2.45) is 11.8 Å². The summed E-state index contributed by atoms with van der Waals surface area (Å²) in [5, 5.41) is 3.19. The van der Waals surface area contributed by atoms with Crippen molar-refractivity contribution in [3.8, 4) is 0 Å². The van der Waals surface area contributed by atoms with Gasteiger partial charge in [-0.3, -0.25) is 9.59 Å². The smallest absolute Gasteiger partial charge is 0.255 e. The highest BCUT2D eigenvalue weighted by molar-refractivity contribution is 8.00. The standard InChI is InChI=1S/C22H32N2O2S/c1-16(2)13-14-23-20(25)19-15-27-22(18-11-7-4-8-12-18)24(19)21(26)17-9-5-3-6-10-17/h3,5-6,9-10,16,18-19,22H,4,7-8,11-15H2,1-2H3,(H,23,25)/t19-,22-/m0/s1. The Balaban J connectivity index is 1.77. The summed E-state index contributed by atoms with van der Waals surface area (Å²) in [6.07, 6.45) is 7.06. The molecule has 1 aliphatic carbocycles. The zero-order chi connectivity index (χ0) is 19.2. The minimum absolute atomic E-state index is 0.000169. The zero-order valence-electron chi connectivity index (χ0n) is 16.5. The van der Waals surface area contributed by atoms with E-state index in [1.807, 2.05) is 35.2 Å². The van der Waals surface area contributed by atoms with Crippen LogP contribution in [-0.4, -0.2) is 40.4 Å². The molecule has 1 aliphatic heterocycles. The quantitative estimate of drug-likeness (QED) is 0.790. The topological polar surface area (TPSA) is 49.4 Å². The Labute approximate surface area is 167 Å². The van der Waals surface area contributed by atoms with Crippen molar-refractivity contribution < 1.29 is 9.59 Å². The Morgan fingerprint density at radius 2 is 1.85 bits per heavy atom. The van der Waals surface area contributed by atoms with Gasteiger partial charge in [0.1, 0.15) is 6.04 Å². The van der Waals surface area contributed by atoms with Crippen molar-refractivity contribution >= 4 is 23.6 Å². The van der Waals surface area contributed by atoms with Crippen LogP contribution in [0.1, 0.15) is 62.7 Å². The van der Waals surface area contributed by atoms with E-state index in [0.717, 1.165) is 19.3 Å². The normalized spacial score (nSPS) is 23.6. The van der Waals surface area contributed by atoms with Crippen molar-refractivity contribution in [1.82, 2.24) is 10.2 Å². The molecule has 5 heteroatoms. The Morgan fingerprint density at radius 3 is 2.52 bits per heavy atom. The lowest BCUT2D eigenvalue weighted by molar-refractivity contribution is -0.125. The predicted octanol–water partition coefficient (Wildman–Crippen LogP) is 4.31. The van der Waals surface area contributed by atoms with E-state index in [4.69, 9.17) is 0 Å². The summed E-state index contributed by atoms with van der Waals surface area (Å²) in [6.45, 7) is 4.99. The van der Waals surface area contributed by atoms with E-state index >= 15 is 0 Å². The van der Waals surface area contributed by atoms with E-state index in [1.165, 1.54) is 19.3 Å². The third-order valence-corrected chi connectivity index (χ3v) is 7.13. The van der Waals surface area contributed by atoms with Crippen molar-refractivity contribution in [1.29, 1.82) is 0 Å². The summed E-state index contributed by atoms with van der Waals surface area (Å²) in [4.78, 5) is 28.1. The van der Waals surface area contributed by atoms with Crippen LogP contribution >= 0.6 is 11.8 Å². The van der Waals surface area contributed by atoms with Crippen LogP contribution < -0.4 is 5.32 Å². The van der Waals surface area contributed by atoms with Crippen LogP contribution in [0, 0.1) is 11.8 Å². The van der Waals surface area contributed by atoms with E-state index in [2.05, 4.69) is 19.2 Å². The van der Waals surface area contributed by atoms with Gasteiger partial charge in [0.2, 0.25) is 5.91 Å². The number of nitrogens with one attached hydrogen (secondary N) is 1. The van der Waals surface area contributed by atoms with Gasteiger partial charge in [0, 0.05) is 17.9 Å². The summed E-state index contributed by atoms with van der Waals surface area (Å²) in [6, 6.07) is 9.06. The molecule has 0 spiro atoms. The van der Waals surface area contributed by atoms with Gasteiger partial charge >= 0.3 is 0 Å². The minimum Gasteiger partial charge on any atom is -0.354 e. The molecule has 0 radical (unpaired) electrons. The van der Waals surface area contributed by atoms with Crippen LogP contribution in [0.3, 0.4) is 0 Å². The number of hydrogen-bond acceptors (Lipinski definition) is 3. The molecule has 0 bridgehead atoms. The van der Waals surface area contributed by atoms with E-state index in [-0.39, 0.29) is 23.2 Å². The molecule has 2 aliphatic rings. The highest BCUT2D eigenvalue weighted by atomic mass is 32.2. The van der Waals surface area contributed by atoms with Crippen LogP contribution in [0.2, 0.25) is 0 Å². The van der Waals surface area contributed by atoms with Crippen molar-refractivity contribution in [2.45, 2.75) is 63.8 Å². The number of amides is 2. The third-order valence-electron chi connectivity index (χ3n) is 5.67. The fraction of sp³-hybridized carbons (Fsp3) is 0.636. The first-order valence-corrected chi connectivity index (χ1v) is 11.4. The van der Waals surface area contributed by atoms with Crippen LogP contribution in [0.4, 0.5) is 0 Å². The molecular formula is C22H32N2O2S. The lowest BCUT2D eigenvalue weighted by Crippen LogP contribution is -2.51. The molecule has 1 N–H and O–H groups in total. The number of carbonyl (C=O) groups is 2. The van der Waals surface area contributed by atoms with Crippen LogP contribution in [-0.2, 0) is 4.79 Å². The molecule has 27 heavy (non-hydrogen) atoms. The van der Waals surface area contributed by atoms with Gasteiger partial charge in [0.15, 0.2) is 0 Å². The van der Waals surface area contributed by atoms with Gasteiger partial charge in [-0.15, -0.1) is 11.8 Å². The monoisotopic (exact) mass is 388 g/mol. The van der Waals surface area contributed by atoms with Crippen LogP contribution in [0.5, 0.6) is 0 Å². The molecule has 0 aromatic heterocycles. The van der Waals surface area contributed by atoms with Gasteiger partial charge in [0.05, 0.1) is 5.37 Å². The maximum absolute atomic E-state index is 13.3. The first-order valence-electron chi connectivity index (χ1n) is 10.3. The zero-order valence-corrected chi connectivity index (χ0v) is 17.3. The van der Waals surface area contributed by atoms with Gasteiger partial charge in [-0.25, -0.2) is 0 Å². The van der Waals surface area contributed by atoms with Gasteiger partial charge < -0.3 is 10.2 Å². The third kappa shape index (κ3) is 5.07. The lowest BCUT2D eigenvalue weighted by atomic mass is 9.88. The summed E-state index contributed by atoms with van der Waals surface area (Å²) in [5.74, 6) is 1.77. The fourth-order valence-corrected chi connectivity index (χ4v) is 5.74. The fourth-order valence-electron chi connectivity index (χ4n) is 4.10. The molecule has 1 aromatic carbocycles. The SMILES string of the molecule is CC(C)CCNC(=O)[C@@H]1CS[C@@H](C2CCCCC2)N1C(=O)c1ccccc1. The number of carbonyl (C=O) groups excluding carboxylic acids is 2. The van der Waals surface area contributed by atoms with E-state index in [0.29, 0.717) is 29.7 Å². The molecule has 2 fully saturated rings. The summed E-state index contributed by atoms with van der Waals surface area (Å²) < 4.78 is 0. The predicted molar refractivity (Wildman–Crippen MR) is 112 cm³/mol. The molecule has 1 heterocycles. The summed E-state index contributed by atoms with van der Waals surface area (Å²) >= 11 is 1.80. The molecule has 3 rings (SSSR count). The number of thioether (sulfide) groups is 1.